The molecule has 0 saturated carbocycles. The first-order valence-electron chi connectivity index (χ1n) is 6.54. The smallest absolute Gasteiger partial charge is 0.217 e. The van der Waals surface area contributed by atoms with E-state index in [1.54, 1.807) is 13.3 Å². The lowest BCUT2D eigenvalue weighted by Gasteiger charge is -2.09. The van der Waals surface area contributed by atoms with Crippen LogP contribution in [0.3, 0.4) is 0 Å². The number of nitrogens with one attached hydrogen (secondary N) is 1. The Labute approximate surface area is 110 Å². The predicted octanol–water partition coefficient (Wildman–Crippen LogP) is 2.39. The van der Waals surface area contributed by atoms with Crippen molar-refractivity contribution in [3.8, 4) is 5.88 Å². The van der Waals surface area contributed by atoms with Crippen LogP contribution in [0.2, 0.25) is 0 Å². The molecule has 0 fully saturated rings. The van der Waals surface area contributed by atoms with Gasteiger partial charge in [-0.25, -0.2) is 4.98 Å². The molecule has 1 rings (SSSR count). The van der Waals surface area contributed by atoms with Gasteiger partial charge in [0.25, 0.3) is 0 Å². The van der Waals surface area contributed by atoms with E-state index < -0.39 is 0 Å². The van der Waals surface area contributed by atoms with Crippen LogP contribution in [-0.2, 0) is 11.3 Å². The molecular formula is C14H24N2O2. The first kappa shape index (κ1) is 14.9. The molecule has 0 unspecified atom stereocenters. The van der Waals surface area contributed by atoms with E-state index in [0.29, 0.717) is 12.0 Å². The molecule has 0 aliphatic heterocycles. The summed E-state index contributed by atoms with van der Waals surface area (Å²) in [6.45, 7) is 6.75. The van der Waals surface area contributed by atoms with Gasteiger partial charge in [-0.15, -0.1) is 0 Å². The highest BCUT2D eigenvalue weighted by atomic mass is 16.5. The molecule has 1 N–H and O–H groups in total. The summed E-state index contributed by atoms with van der Waals surface area (Å²) < 4.78 is 10.7. The summed E-state index contributed by atoms with van der Waals surface area (Å²) in [5.74, 6) is 0.702. The summed E-state index contributed by atoms with van der Waals surface area (Å²) >= 11 is 0. The van der Waals surface area contributed by atoms with Gasteiger partial charge in [-0.3, -0.25) is 0 Å². The Morgan fingerprint density at radius 3 is 2.89 bits per heavy atom. The number of ether oxygens (including phenoxy) is 2. The van der Waals surface area contributed by atoms with E-state index in [2.05, 4.69) is 24.1 Å². The Morgan fingerprint density at radius 2 is 2.17 bits per heavy atom. The fourth-order valence-corrected chi connectivity index (χ4v) is 1.64. The van der Waals surface area contributed by atoms with Gasteiger partial charge in [-0.1, -0.05) is 6.07 Å². The van der Waals surface area contributed by atoms with Crippen LogP contribution >= 0.6 is 0 Å². The topological polar surface area (TPSA) is 43.4 Å². The Hall–Kier alpha value is -1.13. The van der Waals surface area contributed by atoms with Crippen LogP contribution in [0.15, 0.2) is 18.3 Å². The number of nitrogens with zero attached hydrogens (tertiary/aromatic N) is 1. The molecule has 1 aromatic heterocycles. The SMILES string of the molecule is COc1ncccc1CNCCCCOC(C)C. The summed E-state index contributed by atoms with van der Waals surface area (Å²) in [5.41, 5.74) is 1.10. The molecule has 0 bridgehead atoms. The average molecular weight is 252 g/mol. The number of hydrogen-bond donors (Lipinski definition) is 1. The quantitative estimate of drug-likeness (QED) is 0.685. The molecule has 102 valence electrons. The van der Waals surface area contributed by atoms with E-state index >= 15 is 0 Å². The molecule has 0 radical (unpaired) electrons. The van der Waals surface area contributed by atoms with Crippen molar-refractivity contribution in [1.82, 2.24) is 10.3 Å². The van der Waals surface area contributed by atoms with Crippen molar-refractivity contribution in [1.29, 1.82) is 0 Å². The van der Waals surface area contributed by atoms with Gasteiger partial charge in [0.05, 0.1) is 13.2 Å². The fraction of sp³-hybridized carbons (Fsp3) is 0.643. The van der Waals surface area contributed by atoms with Gasteiger partial charge in [-0.2, -0.15) is 0 Å². The molecule has 0 saturated heterocycles. The van der Waals surface area contributed by atoms with Gasteiger partial charge in [0.1, 0.15) is 0 Å². The lowest BCUT2D eigenvalue weighted by atomic mass is 10.2. The summed E-state index contributed by atoms with van der Waals surface area (Å²) in [6, 6.07) is 3.96. The van der Waals surface area contributed by atoms with E-state index in [1.807, 2.05) is 12.1 Å². The number of methoxy groups -OCH3 is 1. The largest absolute Gasteiger partial charge is 0.481 e. The highest BCUT2D eigenvalue weighted by Crippen LogP contribution is 2.12. The van der Waals surface area contributed by atoms with Crippen molar-refractivity contribution in [3.05, 3.63) is 23.9 Å². The number of rotatable bonds is 9. The zero-order valence-electron chi connectivity index (χ0n) is 11.6. The number of unbranched alkanes of at least 4 members (excludes halogenated alkanes) is 1. The first-order chi connectivity index (χ1) is 8.74. The van der Waals surface area contributed by atoms with Crippen molar-refractivity contribution >= 4 is 0 Å². The number of aromatic nitrogens is 1. The molecular weight excluding hydrogens is 228 g/mol. The van der Waals surface area contributed by atoms with Gasteiger partial charge in [0.15, 0.2) is 0 Å². The van der Waals surface area contributed by atoms with Crippen molar-refractivity contribution in [2.75, 3.05) is 20.3 Å². The summed E-state index contributed by atoms with van der Waals surface area (Å²) in [7, 11) is 1.65. The maximum absolute atomic E-state index is 5.49. The highest BCUT2D eigenvalue weighted by Gasteiger charge is 2.01. The fourth-order valence-electron chi connectivity index (χ4n) is 1.64. The van der Waals surface area contributed by atoms with Crippen molar-refractivity contribution in [3.63, 3.8) is 0 Å². The molecule has 1 aromatic rings. The monoisotopic (exact) mass is 252 g/mol. The third-order valence-corrected chi connectivity index (χ3v) is 2.56. The van der Waals surface area contributed by atoms with Crippen molar-refractivity contribution in [2.24, 2.45) is 0 Å². The second-order valence-electron chi connectivity index (χ2n) is 4.48. The van der Waals surface area contributed by atoms with E-state index in [-0.39, 0.29) is 0 Å². The molecule has 0 aliphatic carbocycles. The molecule has 0 aliphatic rings. The normalized spacial score (nSPS) is 10.9. The molecule has 0 amide bonds. The number of hydrogen-bond acceptors (Lipinski definition) is 4. The molecule has 0 spiro atoms. The maximum atomic E-state index is 5.49. The third-order valence-electron chi connectivity index (χ3n) is 2.56. The van der Waals surface area contributed by atoms with E-state index in [0.717, 1.165) is 38.1 Å². The van der Waals surface area contributed by atoms with Crippen LogP contribution < -0.4 is 10.1 Å². The lowest BCUT2D eigenvalue weighted by Crippen LogP contribution is -2.16. The minimum absolute atomic E-state index is 0.331. The zero-order valence-corrected chi connectivity index (χ0v) is 11.6. The summed E-state index contributed by atoms with van der Waals surface area (Å²) in [6.07, 6.45) is 4.29. The van der Waals surface area contributed by atoms with E-state index in [4.69, 9.17) is 9.47 Å². The van der Waals surface area contributed by atoms with Crippen LogP contribution in [0.4, 0.5) is 0 Å². The Kier molecular flexibility index (Phi) is 7.37. The summed E-state index contributed by atoms with van der Waals surface area (Å²) in [4.78, 5) is 4.16. The first-order valence-corrected chi connectivity index (χ1v) is 6.54. The van der Waals surface area contributed by atoms with E-state index in [9.17, 15) is 0 Å². The van der Waals surface area contributed by atoms with Gasteiger partial charge >= 0.3 is 0 Å². The Morgan fingerprint density at radius 1 is 1.33 bits per heavy atom. The average Bonchev–Trinajstić information content (AvgIpc) is 2.37. The van der Waals surface area contributed by atoms with Crippen LogP contribution in [0.1, 0.15) is 32.3 Å². The highest BCUT2D eigenvalue weighted by molar-refractivity contribution is 5.24. The number of pyridine rings is 1. The van der Waals surface area contributed by atoms with Crippen molar-refractivity contribution in [2.45, 2.75) is 39.3 Å². The maximum Gasteiger partial charge on any atom is 0.217 e. The van der Waals surface area contributed by atoms with Crippen molar-refractivity contribution < 1.29 is 9.47 Å². The molecule has 4 heteroatoms. The predicted molar refractivity (Wildman–Crippen MR) is 72.8 cm³/mol. The molecule has 1 heterocycles. The molecule has 18 heavy (non-hydrogen) atoms. The standard InChI is InChI=1S/C14H24N2O2/c1-12(2)18-10-5-4-8-15-11-13-7-6-9-16-14(13)17-3/h6-7,9,12,15H,4-5,8,10-11H2,1-3H3. The second-order valence-corrected chi connectivity index (χ2v) is 4.48. The van der Waals surface area contributed by atoms with Crippen LogP contribution in [0.5, 0.6) is 5.88 Å². The van der Waals surface area contributed by atoms with Gasteiger partial charge in [-0.05, 0) is 39.3 Å². The minimum atomic E-state index is 0.331. The molecule has 4 nitrogen and oxygen atoms in total. The molecule has 0 aromatic carbocycles. The Bertz CT molecular complexity index is 329. The minimum Gasteiger partial charge on any atom is -0.481 e. The van der Waals surface area contributed by atoms with Crippen LogP contribution in [-0.4, -0.2) is 31.3 Å². The second kappa shape index (κ2) is 8.89. The third kappa shape index (κ3) is 5.98. The Balaban J connectivity index is 2.10. The van der Waals surface area contributed by atoms with Crippen LogP contribution in [0.25, 0.3) is 0 Å². The summed E-state index contributed by atoms with van der Waals surface area (Å²) in [5, 5.41) is 3.39. The lowest BCUT2D eigenvalue weighted by molar-refractivity contribution is 0.0760. The zero-order chi connectivity index (χ0) is 13.2. The molecule has 0 atom stereocenters. The van der Waals surface area contributed by atoms with Crippen LogP contribution in [0, 0.1) is 0 Å². The van der Waals surface area contributed by atoms with Gasteiger partial charge < -0.3 is 14.8 Å². The van der Waals surface area contributed by atoms with Gasteiger partial charge in [0, 0.05) is 24.9 Å². The van der Waals surface area contributed by atoms with Gasteiger partial charge in [0.2, 0.25) is 5.88 Å². The van der Waals surface area contributed by atoms with E-state index in [1.165, 1.54) is 0 Å².